The quantitative estimate of drug-likeness (QED) is 0.789. The van der Waals surface area contributed by atoms with E-state index in [0.717, 1.165) is 51.1 Å². The molecule has 0 spiro atoms. The third kappa shape index (κ3) is 3.97. The lowest BCUT2D eigenvalue weighted by molar-refractivity contribution is -0.127. The third-order valence-corrected chi connectivity index (χ3v) is 4.46. The Morgan fingerprint density at radius 1 is 1.17 bits per heavy atom. The Kier molecular flexibility index (Phi) is 5.05. The second-order valence-corrected chi connectivity index (χ2v) is 6.09. The van der Waals surface area contributed by atoms with E-state index in [-0.39, 0.29) is 0 Å². The van der Waals surface area contributed by atoms with E-state index in [1.54, 1.807) is 6.33 Å². The third-order valence-electron chi connectivity index (χ3n) is 4.46. The zero-order valence-electron chi connectivity index (χ0n) is 13.7. The molecule has 0 N–H and O–H groups in total. The predicted molar refractivity (Wildman–Crippen MR) is 89.1 cm³/mol. The summed E-state index contributed by atoms with van der Waals surface area (Å²) in [5.41, 5.74) is 2.59. The highest BCUT2D eigenvalue weighted by molar-refractivity contribution is 5.77. The zero-order chi connectivity index (χ0) is 16.1. The number of rotatable bonds is 7. The summed E-state index contributed by atoms with van der Waals surface area (Å²) in [6.07, 6.45) is 6.20. The largest absolute Gasteiger partial charge is 0.343 e. The molecule has 1 aromatic carbocycles. The van der Waals surface area contributed by atoms with Crippen LogP contribution in [0.1, 0.15) is 43.1 Å². The molecule has 1 aromatic heterocycles. The van der Waals surface area contributed by atoms with Gasteiger partial charge in [-0.15, -0.1) is 0 Å². The van der Waals surface area contributed by atoms with Gasteiger partial charge in [-0.2, -0.15) is 5.10 Å². The van der Waals surface area contributed by atoms with Crippen LogP contribution in [0.3, 0.4) is 0 Å². The van der Waals surface area contributed by atoms with Crippen molar-refractivity contribution in [3.05, 3.63) is 47.5 Å². The maximum Gasteiger partial charge on any atom is 0.222 e. The number of likely N-dealkylation sites (tertiary alicyclic amines) is 1. The highest BCUT2D eigenvalue weighted by Crippen LogP contribution is 2.12. The summed E-state index contributed by atoms with van der Waals surface area (Å²) in [6.45, 7) is 4.66. The Balaban J connectivity index is 1.55. The lowest BCUT2D eigenvalue weighted by Crippen LogP contribution is -2.26. The number of aryl methyl sites for hydroxylation is 2. The SMILES string of the molecule is CCc1ccc(Cn2ncnc2CCCN2CCCC2=O)cc1. The summed E-state index contributed by atoms with van der Waals surface area (Å²) in [6, 6.07) is 8.66. The summed E-state index contributed by atoms with van der Waals surface area (Å²) in [5.74, 6) is 1.29. The van der Waals surface area contributed by atoms with Gasteiger partial charge in [-0.05, 0) is 30.4 Å². The molecule has 0 aliphatic carbocycles. The standard InChI is InChI=1S/C18H24N4O/c1-2-15-7-9-16(10-8-15)13-22-17(19-14-20-22)5-3-11-21-12-4-6-18(21)23/h7-10,14H,2-6,11-13H2,1H3. The van der Waals surface area contributed by atoms with Crippen LogP contribution in [0.4, 0.5) is 0 Å². The van der Waals surface area contributed by atoms with Gasteiger partial charge in [-0.3, -0.25) is 4.79 Å². The van der Waals surface area contributed by atoms with Crippen molar-refractivity contribution >= 4 is 5.91 Å². The van der Waals surface area contributed by atoms with Crippen LogP contribution in [0.15, 0.2) is 30.6 Å². The van der Waals surface area contributed by atoms with Crippen molar-refractivity contribution in [2.75, 3.05) is 13.1 Å². The molecule has 5 heteroatoms. The molecule has 122 valence electrons. The fraction of sp³-hybridized carbons (Fsp3) is 0.500. The van der Waals surface area contributed by atoms with E-state index in [1.165, 1.54) is 11.1 Å². The smallest absolute Gasteiger partial charge is 0.222 e. The van der Waals surface area contributed by atoms with E-state index in [0.29, 0.717) is 12.3 Å². The average molecular weight is 312 g/mol. The second kappa shape index (κ2) is 7.40. The topological polar surface area (TPSA) is 51.0 Å². The van der Waals surface area contributed by atoms with Gasteiger partial charge in [0.25, 0.3) is 0 Å². The van der Waals surface area contributed by atoms with Gasteiger partial charge in [0.2, 0.25) is 5.91 Å². The van der Waals surface area contributed by atoms with Crippen LogP contribution in [-0.2, 0) is 24.2 Å². The predicted octanol–water partition coefficient (Wildman–Crippen LogP) is 2.44. The molecule has 2 heterocycles. The fourth-order valence-corrected chi connectivity index (χ4v) is 3.04. The highest BCUT2D eigenvalue weighted by Gasteiger charge is 2.19. The molecule has 0 radical (unpaired) electrons. The van der Waals surface area contributed by atoms with E-state index >= 15 is 0 Å². The number of hydrogen-bond donors (Lipinski definition) is 0. The molecule has 0 bridgehead atoms. The van der Waals surface area contributed by atoms with Crippen LogP contribution >= 0.6 is 0 Å². The number of nitrogens with zero attached hydrogens (tertiary/aromatic N) is 4. The normalized spacial score (nSPS) is 14.7. The molecule has 1 saturated heterocycles. The minimum atomic E-state index is 0.294. The summed E-state index contributed by atoms with van der Waals surface area (Å²) in [5, 5.41) is 4.34. The van der Waals surface area contributed by atoms with Crippen molar-refractivity contribution in [3.8, 4) is 0 Å². The summed E-state index contributed by atoms with van der Waals surface area (Å²) in [7, 11) is 0. The van der Waals surface area contributed by atoms with Crippen molar-refractivity contribution in [1.29, 1.82) is 0 Å². The molecular weight excluding hydrogens is 288 g/mol. The van der Waals surface area contributed by atoms with E-state index in [1.807, 2.05) is 9.58 Å². The van der Waals surface area contributed by atoms with Gasteiger partial charge in [0, 0.05) is 25.9 Å². The number of carbonyl (C=O) groups is 1. The fourth-order valence-electron chi connectivity index (χ4n) is 3.04. The first-order chi connectivity index (χ1) is 11.3. The lowest BCUT2D eigenvalue weighted by atomic mass is 10.1. The van der Waals surface area contributed by atoms with Crippen LogP contribution in [0.25, 0.3) is 0 Å². The number of aromatic nitrogens is 3. The highest BCUT2D eigenvalue weighted by atomic mass is 16.2. The number of benzene rings is 1. The Bertz CT molecular complexity index is 647. The van der Waals surface area contributed by atoms with Gasteiger partial charge in [-0.25, -0.2) is 9.67 Å². The van der Waals surface area contributed by atoms with Gasteiger partial charge < -0.3 is 4.90 Å². The number of carbonyl (C=O) groups excluding carboxylic acids is 1. The Morgan fingerprint density at radius 2 is 1.96 bits per heavy atom. The molecule has 1 amide bonds. The van der Waals surface area contributed by atoms with Crippen molar-refractivity contribution in [2.24, 2.45) is 0 Å². The molecule has 0 saturated carbocycles. The van der Waals surface area contributed by atoms with Crippen LogP contribution in [0, 0.1) is 0 Å². The van der Waals surface area contributed by atoms with E-state index < -0.39 is 0 Å². The van der Waals surface area contributed by atoms with Gasteiger partial charge in [0.05, 0.1) is 6.54 Å². The summed E-state index contributed by atoms with van der Waals surface area (Å²) < 4.78 is 1.97. The van der Waals surface area contributed by atoms with Gasteiger partial charge in [-0.1, -0.05) is 31.2 Å². The first-order valence-electron chi connectivity index (χ1n) is 8.48. The molecule has 5 nitrogen and oxygen atoms in total. The van der Waals surface area contributed by atoms with Crippen LogP contribution in [-0.4, -0.2) is 38.7 Å². The lowest BCUT2D eigenvalue weighted by Gasteiger charge is -2.15. The van der Waals surface area contributed by atoms with Gasteiger partial charge in [0.15, 0.2) is 0 Å². The maximum atomic E-state index is 11.6. The first kappa shape index (κ1) is 15.7. The molecule has 1 fully saturated rings. The molecular formula is C18H24N4O. The Hall–Kier alpha value is -2.17. The zero-order valence-corrected chi connectivity index (χ0v) is 13.7. The molecule has 3 rings (SSSR count). The molecule has 23 heavy (non-hydrogen) atoms. The van der Waals surface area contributed by atoms with Gasteiger partial charge >= 0.3 is 0 Å². The molecule has 1 aliphatic rings. The molecule has 2 aromatic rings. The molecule has 0 atom stereocenters. The number of amides is 1. The number of hydrogen-bond acceptors (Lipinski definition) is 3. The summed E-state index contributed by atoms with van der Waals surface area (Å²) >= 11 is 0. The van der Waals surface area contributed by atoms with Crippen molar-refractivity contribution < 1.29 is 4.79 Å². The average Bonchev–Trinajstić information content (AvgIpc) is 3.18. The first-order valence-corrected chi connectivity index (χ1v) is 8.48. The molecule has 0 unspecified atom stereocenters. The van der Waals surface area contributed by atoms with Crippen molar-refractivity contribution in [3.63, 3.8) is 0 Å². The maximum absolute atomic E-state index is 11.6. The second-order valence-electron chi connectivity index (χ2n) is 6.09. The minimum Gasteiger partial charge on any atom is -0.343 e. The van der Waals surface area contributed by atoms with Crippen LogP contribution in [0.2, 0.25) is 0 Å². The van der Waals surface area contributed by atoms with Gasteiger partial charge in [0.1, 0.15) is 12.2 Å². The van der Waals surface area contributed by atoms with E-state index in [9.17, 15) is 4.79 Å². The minimum absolute atomic E-state index is 0.294. The van der Waals surface area contributed by atoms with Crippen molar-refractivity contribution in [1.82, 2.24) is 19.7 Å². The Labute approximate surface area is 137 Å². The van der Waals surface area contributed by atoms with Crippen LogP contribution in [0.5, 0.6) is 0 Å². The molecule has 1 aliphatic heterocycles. The van der Waals surface area contributed by atoms with Crippen molar-refractivity contribution in [2.45, 2.75) is 45.6 Å². The Morgan fingerprint density at radius 3 is 2.65 bits per heavy atom. The van der Waals surface area contributed by atoms with E-state index in [4.69, 9.17) is 0 Å². The van der Waals surface area contributed by atoms with E-state index in [2.05, 4.69) is 41.3 Å². The monoisotopic (exact) mass is 312 g/mol. The van der Waals surface area contributed by atoms with Crippen LogP contribution < -0.4 is 0 Å². The summed E-state index contributed by atoms with van der Waals surface area (Å²) in [4.78, 5) is 18.0.